The van der Waals surface area contributed by atoms with Gasteiger partial charge in [-0.15, -0.1) is 0 Å². The Kier molecular flexibility index (Phi) is 5.25. The number of aromatic nitrogens is 2. The molecule has 0 atom stereocenters. The van der Waals surface area contributed by atoms with Crippen molar-refractivity contribution < 1.29 is 4.39 Å². The first kappa shape index (κ1) is 16.6. The second kappa shape index (κ2) is 7.57. The summed E-state index contributed by atoms with van der Waals surface area (Å²) >= 11 is 0. The third-order valence-corrected chi connectivity index (χ3v) is 4.35. The minimum Gasteiger partial charge on any atom is -0.368 e. The Morgan fingerprint density at radius 3 is 2.67 bits per heavy atom. The Balaban J connectivity index is 1.81. The normalized spacial score (nSPS) is 16.6. The summed E-state index contributed by atoms with van der Waals surface area (Å²) in [6.07, 6.45) is 8.49. The van der Waals surface area contributed by atoms with Crippen molar-refractivity contribution in [3.05, 3.63) is 47.0 Å². The van der Waals surface area contributed by atoms with E-state index in [1.807, 2.05) is 6.92 Å². The van der Waals surface area contributed by atoms with Crippen molar-refractivity contribution >= 4 is 12.2 Å². The maximum absolute atomic E-state index is 13.7. The van der Waals surface area contributed by atoms with Gasteiger partial charge in [0.1, 0.15) is 5.82 Å². The molecule has 6 heteroatoms. The van der Waals surface area contributed by atoms with Crippen molar-refractivity contribution in [2.45, 2.75) is 39.2 Å². The smallest absolute Gasteiger partial charge is 0.221 e. The molecular formula is C18H24FN5. The van der Waals surface area contributed by atoms with Gasteiger partial charge in [0.05, 0.1) is 18.1 Å². The maximum atomic E-state index is 13.7. The highest BCUT2D eigenvalue weighted by atomic mass is 19.1. The van der Waals surface area contributed by atoms with Crippen LogP contribution in [0.25, 0.3) is 0 Å². The summed E-state index contributed by atoms with van der Waals surface area (Å²) < 4.78 is 15.3. The molecule has 5 nitrogen and oxygen atoms in total. The van der Waals surface area contributed by atoms with Crippen LogP contribution < -0.4 is 5.73 Å². The number of anilines is 1. The van der Waals surface area contributed by atoms with Crippen LogP contribution in [-0.2, 0) is 6.54 Å². The van der Waals surface area contributed by atoms with Crippen molar-refractivity contribution in [3.8, 4) is 0 Å². The van der Waals surface area contributed by atoms with E-state index in [0.717, 1.165) is 36.5 Å². The third-order valence-electron chi connectivity index (χ3n) is 4.35. The first-order valence-corrected chi connectivity index (χ1v) is 8.48. The van der Waals surface area contributed by atoms with E-state index < -0.39 is 0 Å². The number of halogens is 1. The molecule has 24 heavy (non-hydrogen) atoms. The predicted molar refractivity (Wildman–Crippen MR) is 94.5 cm³/mol. The number of benzene rings is 1. The quantitative estimate of drug-likeness (QED) is 0.877. The lowest BCUT2D eigenvalue weighted by molar-refractivity contribution is 0.276. The van der Waals surface area contributed by atoms with Gasteiger partial charge < -0.3 is 5.73 Å². The van der Waals surface area contributed by atoms with Crippen molar-refractivity contribution in [1.29, 1.82) is 0 Å². The van der Waals surface area contributed by atoms with Crippen LogP contribution >= 0.6 is 0 Å². The van der Waals surface area contributed by atoms with E-state index in [4.69, 9.17) is 5.73 Å². The van der Waals surface area contributed by atoms with Gasteiger partial charge in [0, 0.05) is 6.54 Å². The molecular weight excluding hydrogens is 305 g/mol. The minimum atomic E-state index is -0.213. The minimum absolute atomic E-state index is 0.213. The van der Waals surface area contributed by atoms with Crippen LogP contribution in [0.4, 0.5) is 10.3 Å². The Morgan fingerprint density at radius 2 is 2.00 bits per heavy atom. The van der Waals surface area contributed by atoms with E-state index in [-0.39, 0.29) is 5.82 Å². The fourth-order valence-corrected chi connectivity index (χ4v) is 3.09. The number of nitrogen functional groups attached to an aromatic ring is 1. The van der Waals surface area contributed by atoms with Gasteiger partial charge in [-0.05, 0) is 56.1 Å². The number of aryl methyl sites for hydroxylation is 1. The molecule has 0 radical (unpaired) electrons. The monoisotopic (exact) mass is 329 g/mol. The molecule has 1 aliphatic heterocycles. The molecule has 1 fully saturated rings. The highest BCUT2D eigenvalue weighted by molar-refractivity contribution is 5.81. The van der Waals surface area contributed by atoms with Gasteiger partial charge in [0.15, 0.2) is 0 Å². The van der Waals surface area contributed by atoms with Crippen molar-refractivity contribution in [2.24, 2.45) is 5.10 Å². The SMILES string of the molecule is Cc1cn(N=Cc2ccc(F)cc2CN2CCCCCC2)c(N)n1. The highest BCUT2D eigenvalue weighted by Gasteiger charge is 2.12. The van der Waals surface area contributed by atoms with Crippen LogP contribution in [0.3, 0.4) is 0 Å². The molecule has 3 rings (SSSR count). The van der Waals surface area contributed by atoms with Gasteiger partial charge in [-0.25, -0.2) is 14.1 Å². The lowest BCUT2D eigenvalue weighted by Crippen LogP contribution is -2.24. The molecule has 1 aromatic heterocycles. The zero-order valence-electron chi connectivity index (χ0n) is 14.1. The average Bonchev–Trinajstić information content (AvgIpc) is 2.74. The Hall–Kier alpha value is -2.21. The van der Waals surface area contributed by atoms with Gasteiger partial charge in [0.2, 0.25) is 5.95 Å². The lowest BCUT2D eigenvalue weighted by atomic mass is 10.1. The summed E-state index contributed by atoms with van der Waals surface area (Å²) in [7, 11) is 0. The van der Waals surface area contributed by atoms with Gasteiger partial charge in [-0.2, -0.15) is 5.10 Å². The largest absolute Gasteiger partial charge is 0.368 e. The molecule has 2 heterocycles. The summed E-state index contributed by atoms with van der Waals surface area (Å²) in [4.78, 5) is 6.52. The van der Waals surface area contributed by atoms with E-state index in [2.05, 4.69) is 15.0 Å². The molecule has 1 saturated heterocycles. The van der Waals surface area contributed by atoms with Crippen LogP contribution in [0, 0.1) is 12.7 Å². The molecule has 0 saturated carbocycles. The number of hydrogen-bond acceptors (Lipinski definition) is 4. The second-order valence-electron chi connectivity index (χ2n) is 6.36. The molecule has 0 bridgehead atoms. The number of hydrogen-bond donors (Lipinski definition) is 1. The number of imidazole rings is 1. The third kappa shape index (κ3) is 4.20. The molecule has 0 aliphatic carbocycles. The van der Waals surface area contributed by atoms with Crippen LogP contribution in [0.15, 0.2) is 29.5 Å². The average molecular weight is 329 g/mol. The van der Waals surface area contributed by atoms with Crippen molar-refractivity contribution in [1.82, 2.24) is 14.6 Å². The van der Waals surface area contributed by atoms with E-state index in [9.17, 15) is 4.39 Å². The molecule has 0 spiro atoms. The molecule has 1 aromatic carbocycles. The Morgan fingerprint density at radius 1 is 1.25 bits per heavy atom. The van der Waals surface area contributed by atoms with Gasteiger partial charge in [-0.1, -0.05) is 18.9 Å². The topological polar surface area (TPSA) is 59.4 Å². The molecule has 2 N–H and O–H groups in total. The Labute approximate surface area is 142 Å². The van der Waals surface area contributed by atoms with Crippen molar-refractivity contribution in [2.75, 3.05) is 18.8 Å². The second-order valence-corrected chi connectivity index (χ2v) is 6.36. The van der Waals surface area contributed by atoms with E-state index in [1.54, 1.807) is 24.5 Å². The predicted octanol–water partition coefficient (Wildman–Crippen LogP) is 3.17. The van der Waals surface area contributed by atoms with Gasteiger partial charge >= 0.3 is 0 Å². The van der Waals surface area contributed by atoms with E-state index in [0.29, 0.717) is 5.95 Å². The van der Waals surface area contributed by atoms with Gasteiger partial charge in [-0.3, -0.25) is 4.90 Å². The molecule has 1 aliphatic rings. The fraction of sp³-hybridized carbons (Fsp3) is 0.444. The number of rotatable bonds is 4. The Bertz CT molecular complexity index is 714. The number of nitrogens with two attached hydrogens (primary N) is 1. The van der Waals surface area contributed by atoms with E-state index in [1.165, 1.54) is 36.4 Å². The van der Waals surface area contributed by atoms with Crippen LogP contribution in [-0.4, -0.2) is 33.9 Å². The molecule has 128 valence electrons. The zero-order chi connectivity index (χ0) is 16.9. The highest BCUT2D eigenvalue weighted by Crippen LogP contribution is 2.17. The molecule has 2 aromatic rings. The fourth-order valence-electron chi connectivity index (χ4n) is 3.09. The van der Waals surface area contributed by atoms with Crippen molar-refractivity contribution in [3.63, 3.8) is 0 Å². The standard InChI is InChI=1S/C18H24FN5/c1-14-12-24(18(20)22-14)21-11-15-6-7-17(19)10-16(15)13-23-8-4-2-3-5-9-23/h6-7,10-12H,2-5,8-9,13H2,1H3,(H2,20,22). The number of likely N-dealkylation sites (tertiary alicyclic amines) is 1. The summed E-state index contributed by atoms with van der Waals surface area (Å²) in [5, 5.41) is 4.36. The van der Waals surface area contributed by atoms with Crippen LogP contribution in [0.1, 0.15) is 42.5 Å². The summed E-state index contributed by atoms with van der Waals surface area (Å²) in [6.45, 7) is 4.75. The zero-order valence-corrected chi connectivity index (χ0v) is 14.1. The van der Waals surface area contributed by atoms with Gasteiger partial charge in [0.25, 0.3) is 0 Å². The van der Waals surface area contributed by atoms with Crippen LogP contribution in [0.2, 0.25) is 0 Å². The molecule has 0 amide bonds. The number of nitrogens with zero attached hydrogens (tertiary/aromatic N) is 4. The molecule has 0 unspecified atom stereocenters. The van der Waals surface area contributed by atoms with Crippen LogP contribution in [0.5, 0.6) is 0 Å². The first-order chi connectivity index (χ1) is 11.6. The first-order valence-electron chi connectivity index (χ1n) is 8.48. The van der Waals surface area contributed by atoms with E-state index >= 15 is 0 Å². The summed E-state index contributed by atoms with van der Waals surface area (Å²) in [6, 6.07) is 4.84. The summed E-state index contributed by atoms with van der Waals surface area (Å²) in [5.74, 6) is 0.134. The maximum Gasteiger partial charge on any atom is 0.221 e. The lowest BCUT2D eigenvalue weighted by Gasteiger charge is -2.20. The summed E-state index contributed by atoms with van der Waals surface area (Å²) in [5.41, 5.74) is 8.48.